The summed E-state index contributed by atoms with van der Waals surface area (Å²) in [5.41, 5.74) is -0.578. The van der Waals surface area contributed by atoms with E-state index in [1.165, 1.54) is 0 Å². The van der Waals surface area contributed by atoms with Crippen molar-refractivity contribution >= 4 is 5.91 Å². The van der Waals surface area contributed by atoms with E-state index in [9.17, 15) is 4.79 Å². The van der Waals surface area contributed by atoms with Gasteiger partial charge in [-0.2, -0.15) is 0 Å². The number of hydrogen-bond donors (Lipinski definition) is 1. The highest BCUT2D eigenvalue weighted by Gasteiger charge is 2.49. The van der Waals surface area contributed by atoms with Crippen molar-refractivity contribution in [1.82, 2.24) is 10.2 Å². The number of amides is 1. The van der Waals surface area contributed by atoms with Gasteiger partial charge in [-0.05, 0) is 50.9 Å². The van der Waals surface area contributed by atoms with Crippen molar-refractivity contribution < 1.29 is 14.3 Å². The molecule has 2 aliphatic heterocycles. The van der Waals surface area contributed by atoms with E-state index in [0.29, 0.717) is 6.04 Å². The predicted octanol–water partition coefficient (Wildman–Crippen LogP) is 2.45. The van der Waals surface area contributed by atoms with Crippen molar-refractivity contribution in [1.29, 1.82) is 0 Å². The van der Waals surface area contributed by atoms with E-state index in [2.05, 4.69) is 29.3 Å². The van der Waals surface area contributed by atoms with Crippen molar-refractivity contribution in [3.63, 3.8) is 0 Å². The van der Waals surface area contributed by atoms with Crippen molar-refractivity contribution in [3.05, 3.63) is 23.7 Å². The Kier molecular flexibility index (Phi) is 5.18. The number of carbonyl (C=O) groups excluding carboxylic acids is 1. The summed E-state index contributed by atoms with van der Waals surface area (Å²) < 4.78 is 11.3. The molecular weight excluding hydrogens is 304 g/mol. The van der Waals surface area contributed by atoms with Gasteiger partial charge < -0.3 is 19.7 Å². The average Bonchev–Trinajstić information content (AvgIpc) is 2.93. The maximum atomic E-state index is 13.3. The van der Waals surface area contributed by atoms with Gasteiger partial charge in [0.2, 0.25) is 5.91 Å². The second-order valence-corrected chi connectivity index (χ2v) is 7.11. The van der Waals surface area contributed by atoms with Gasteiger partial charge in [-0.1, -0.05) is 13.3 Å². The van der Waals surface area contributed by atoms with Crippen LogP contribution >= 0.6 is 0 Å². The van der Waals surface area contributed by atoms with Crippen molar-refractivity contribution in [3.8, 4) is 0 Å². The van der Waals surface area contributed by atoms with Gasteiger partial charge in [0.25, 0.3) is 0 Å². The summed E-state index contributed by atoms with van der Waals surface area (Å²) in [6.07, 6.45) is 9.06. The number of likely N-dealkylation sites (tertiary alicyclic amines) is 1. The molecule has 0 bridgehead atoms. The molecule has 0 atom stereocenters. The molecule has 5 nitrogen and oxygen atoms in total. The molecule has 0 aromatic rings. The molecule has 0 aromatic heterocycles. The number of methoxy groups -OCH3 is 2. The molecule has 0 saturated carbocycles. The Morgan fingerprint density at radius 1 is 1.21 bits per heavy atom. The summed E-state index contributed by atoms with van der Waals surface area (Å²) in [4.78, 5) is 15.4. The largest absolute Gasteiger partial charge is 0.501 e. The van der Waals surface area contributed by atoms with Crippen LogP contribution in [0.2, 0.25) is 0 Å². The van der Waals surface area contributed by atoms with E-state index in [1.807, 2.05) is 0 Å². The van der Waals surface area contributed by atoms with Crippen LogP contribution in [0.3, 0.4) is 0 Å². The second-order valence-electron chi connectivity index (χ2n) is 7.11. The van der Waals surface area contributed by atoms with Gasteiger partial charge in [0.05, 0.1) is 25.6 Å². The van der Waals surface area contributed by atoms with Crippen LogP contribution in [0.1, 0.15) is 39.0 Å². The fourth-order valence-corrected chi connectivity index (χ4v) is 4.38. The van der Waals surface area contributed by atoms with Gasteiger partial charge in [0.15, 0.2) is 0 Å². The minimum absolute atomic E-state index is 0.136. The molecule has 3 aliphatic rings. The number of hydrogen-bond acceptors (Lipinski definition) is 4. The maximum absolute atomic E-state index is 13.3. The molecule has 1 amide bonds. The zero-order chi connectivity index (χ0) is 17.2. The van der Waals surface area contributed by atoms with Crippen LogP contribution in [-0.2, 0) is 14.3 Å². The van der Waals surface area contributed by atoms with E-state index < -0.39 is 5.41 Å². The van der Waals surface area contributed by atoms with Crippen LogP contribution in [0.4, 0.5) is 0 Å². The number of carbonyl (C=O) groups is 1. The molecule has 0 unspecified atom stereocenters. The van der Waals surface area contributed by atoms with Gasteiger partial charge in [-0.25, -0.2) is 0 Å². The van der Waals surface area contributed by atoms with E-state index in [0.717, 1.165) is 63.3 Å². The first-order valence-corrected chi connectivity index (χ1v) is 9.20. The summed E-state index contributed by atoms with van der Waals surface area (Å²) >= 11 is 0. The SMILES string of the molecule is CCCC1C(OC)=CC2(C=C1OC)CCN(C1CCNCC1)C2=O. The Hall–Kier alpha value is -1.49. The van der Waals surface area contributed by atoms with Crippen LogP contribution in [0.25, 0.3) is 0 Å². The molecule has 2 fully saturated rings. The first-order chi connectivity index (χ1) is 11.6. The lowest BCUT2D eigenvalue weighted by Crippen LogP contribution is -2.46. The average molecular weight is 334 g/mol. The van der Waals surface area contributed by atoms with Crippen LogP contribution in [0.5, 0.6) is 0 Å². The summed E-state index contributed by atoms with van der Waals surface area (Å²) in [7, 11) is 3.40. The molecule has 1 aliphatic carbocycles. The first-order valence-electron chi connectivity index (χ1n) is 9.20. The van der Waals surface area contributed by atoms with Gasteiger partial charge in [0.1, 0.15) is 11.5 Å². The van der Waals surface area contributed by atoms with E-state index >= 15 is 0 Å². The van der Waals surface area contributed by atoms with Gasteiger partial charge in [-0.15, -0.1) is 0 Å². The number of nitrogens with one attached hydrogen (secondary N) is 1. The number of nitrogens with zero attached hydrogens (tertiary/aromatic N) is 1. The maximum Gasteiger partial charge on any atom is 0.237 e. The lowest BCUT2D eigenvalue weighted by Gasteiger charge is -2.35. The highest BCUT2D eigenvalue weighted by molar-refractivity contribution is 5.89. The van der Waals surface area contributed by atoms with Crippen molar-refractivity contribution in [2.24, 2.45) is 11.3 Å². The molecular formula is C19H30N2O3. The van der Waals surface area contributed by atoms with Crippen LogP contribution in [0.15, 0.2) is 23.7 Å². The zero-order valence-electron chi connectivity index (χ0n) is 15.1. The lowest BCUT2D eigenvalue weighted by molar-refractivity contribution is -0.135. The molecule has 134 valence electrons. The third kappa shape index (κ3) is 2.94. The molecule has 2 saturated heterocycles. The molecule has 0 aromatic carbocycles. The summed E-state index contributed by atoms with van der Waals surface area (Å²) in [5.74, 6) is 2.12. The zero-order valence-corrected chi connectivity index (χ0v) is 15.1. The fraction of sp³-hybridized carbons (Fsp3) is 0.737. The summed E-state index contributed by atoms with van der Waals surface area (Å²) in [6.45, 7) is 4.98. The van der Waals surface area contributed by atoms with E-state index in [1.54, 1.807) is 14.2 Å². The Morgan fingerprint density at radius 2 is 1.83 bits per heavy atom. The van der Waals surface area contributed by atoms with Gasteiger partial charge >= 0.3 is 0 Å². The minimum atomic E-state index is -0.578. The predicted molar refractivity (Wildman–Crippen MR) is 93.2 cm³/mol. The molecule has 1 N–H and O–H groups in total. The first kappa shape index (κ1) is 17.3. The normalized spacial score (nSPS) is 31.2. The van der Waals surface area contributed by atoms with E-state index in [-0.39, 0.29) is 11.8 Å². The minimum Gasteiger partial charge on any atom is -0.501 e. The van der Waals surface area contributed by atoms with Crippen LogP contribution in [-0.4, -0.2) is 50.7 Å². The highest BCUT2D eigenvalue weighted by atomic mass is 16.5. The topological polar surface area (TPSA) is 50.8 Å². The number of piperidine rings is 1. The Balaban J connectivity index is 1.87. The molecule has 0 radical (unpaired) electrons. The fourth-order valence-electron chi connectivity index (χ4n) is 4.38. The van der Waals surface area contributed by atoms with Crippen LogP contribution in [0, 0.1) is 11.3 Å². The summed E-state index contributed by atoms with van der Waals surface area (Å²) in [5, 5.41) is 3.37. The second kappa shape index (κ2) is 7.18. The van der Waals surface area contributed by atoms with Gasteiger partial charge in [0, 0.05) is 12.6 Å². The van der Waals surface area contributed by atoms with Crippen molar-refractivity contribution in [2.45, 2.75) is 45.1 Å². The quantitative estimate of drug-likeness (QED) is 0.839. The van der Waals surface area contributed by atoms with E-state index in [4.69, 9.17) is 9.47 Å². The van der Waals surface area contributed by atoms with Crippen molar-refractivity contribution in [2.75, 3.05) is 33.9 Å². The number of ether oxygens (including phenoxy) is 2. The third-order valence-corrected chi connectivity index (χ3v) is 5.71. The Morgan fingerprint density at radius 3 is 2.38 bits per heavy atom. The molecule has 3 rings (SSSR count). The molecule has 2 heterocycles. The van der Waals surface area contributed by atoms with Gasteiger partial charge in [-0.3, -0.25) is 4.79 Å². The molecule has 24 heavy (non-hydrogen) atoms. The lowest BCUT2D eigenvalue weighted by atomic mass is 9.77. The smallest absolute Gasteiger partial charge is 0.237 e. The summed E-state index contributed by atoms with van der Waals surface area (Å²) in [6, 6.07) is 0.366. The standard InChI is InChI=1S/C19H30N2O3/c1-4-5-15-16(23-2)12-19(13-17(15)24-3)8-11-21(18(19)22)14-6-9-20-10-7-14/h12-15,20H,4-11H2,1-3H3. The molecule has 1 spiro atoms. The third-order valence-electron chi connectivity index (χ3n) is 5.71. The monoisotopic (exact) mass is 334 g/mol. The Bertz CT molecular complexity index is 513. The number of rotatable bonds is 5. The van der Waals surface area contributed by atoms with Crippen LogP contribution < -0.4 is 5.32 Å². The highest BCUT2D eigenvalue weighted by Crippen LogP contribution is 2.45. The Labute approximate surface area is 145 Å². The molecule has 5 heteroatoms.